The van der Waals surface area contributed by atoms with Crippen LogP contribution in [0.3, 0.4) is 0 Å². The summed E-state index contributed by atoms with van der Waals surface area (Å²) in [5, 5.41) is 13.8. The van der Waals surface area contributed by atoms with Gasteiger partial charge in [-0.1, -0.05) is 32.1 Å². The lowest BCUT2D eigenvalue weighted by Gasteiger charge is -2.10. The van der Waals surface area contributed by atoms with Crippen molar-refractivity contribution in [2.45, 2.75) is 39.7 Å². The highest BCUT2D eigenvalue weighted by Gasteiger charge is 2.17. The van der Waals surface area contributed by atoms with Crippen LogP contribution in [0, 0.1) is 5.92 Å². The molecule has 1 rings (SSSR count). The van der Waals surface area contributed by atoms with E-state index < -0.39 is 0 Å². The Morgan fingerprint density at radius 3 is 2.14 bits per heavy atom. The first-order chi connectivity index (χ1) is 6.56. The first-order valence-corrected chi connectivity index (χ1v) is 5.88. The molecule has 3 nitrogen and oxygen atoms in total. The third-order valence-electron chi connectivity index (χ3n) is 2.65. The van der Waals surface area contributed by atoms with Gasteiger partial charge in [-0.3, -0.25) is 0 Å². The molecule has 14 heavy (non-hydrogen) atoms. The SMILES string of the molecule is CNC(C)c1nnc(C(C)C(C)C)s1. The molecule has 2 atom stereocenters. The molecule has 1 N–H and O–H groups in total. The first-order valence-electron chi connectivity index (χ1n) is 5.06. The number of hydrogen-bond donors (Lipinski definition) is 1. The van der Waals surface area contributed by atoms with Crippen LogP contribution in [0.15, 0.2) is 0 Å². The van der Waals surface area contributed by atoms with E-state index in [0.29, 0.717) is 17.9 Å². The molecule has 0 aliphatic heterocycles. The molecule has 0 radical (unpaired) electrons. The molecule has 1 aromatic rings. The summed E-state index contributed by atoms with van der Waals surface area (Å²) in [5.74, 6) is 1.13. The van der Waals surface area contributed by atoms with Crippen molar-refractivity contribution < 1.29 is 0 Å². The van der Waals surface area contributed by atoms with Gasteiger partial charge in [-0.25, -0.2) is 0 Å². The van der Waals surface area contributed by atoms with Gasteiger partial charge in [-0.05, 0) is 19.9 Å². The van der Waals surface area contributed by atoms with Crippen LogP contribution in [-0.4, -0.2) is 17.2 Å². The molecule has 0 aliphatic rings. The van der Waals surface area contributed by atoms with E-state index >= 15 is 0 Å². The minimum atomic E-state index is 0.306. The standard InChI is InChI=1S/C10H19N3S/c1-6(2)7(3)9-12-13-10(14-9)8(4)11-5/h6-8,11H,1-5H3. The summed E-state index contributed by atoms with van der Waals surface area (Å²) in [4.78, 5) is 0. The highest BCUT2D eigenvalue weighted by Crippen LogP contribution is 2.28. The molecule has 80 valence electrons. The zero-order valence-corrected chi connectivity index (χ0v) is 10.4. The fourth-order valence-electron chi connectivity index (χ4n) is 1.01. The lowest BCUT2D eigenvalue weighted by molar-refractivity contribution is 0.528. The van der Waals surface area contributed by atoms with Gasteiger partial charge < -0.3 is 5.32 Å². The Hall–Kier alpha value is -0.480. The number of nitrogens with one attached hydrogen (secondary N) is 1. The van der Waals surface area contributed by atoms with E-state index in [1.807, 2.05) is 7.05 Å². The van der Waals surface area contributed by atoms with Crippen LogP contribution in [0.2, 0.25) is 0 Å². The molecular weight excluding hydrogens is 194 g/mol. The summed E-state index contributed by atoms with van der Waals surface area (Å²) < 4.78 is 0. The van der Waals surface area contributed by atoms with Gasteiger partial charge in [-0.2, -0.15) is 0 Å². The molecule has 1 heterocycles. The van der Waals surface area contributed by atoms with Crippen molar-refractivity contribution in [3.05, 3.63) is 10.0 Å². The first kappa shape index (κ1) is 11.6. The summed E-state index contributed by atoms with van der Waals surface area (Å²) in [5.41, 5.74) is 0. The predicted octanol–water partition coefficient (Wildman–Crippen LogP) is 2.58. The fourth-order valence-corrected chi connectivity index (χ4v) is 2.14. The van der Waals surface area contributed by atoms with Gasteiger partial charge in [0.15, 0.2) is 0 Å². The highest BCUT2D eigenvalue weighted by atomic mass is 32.1. The monoisotopic (exact) mass is 213 g/mol. The Labute approximate surface area is 89.9 Å². The zero-order valence-electron chi connectivity index (χ0n) is 9.53. The van der Waals surface area contributed by atoms with Gasteiger partial charge in [0.25, 0.3) is 0 Å². The second-order valence-corrected chi connectivity index (χ2v) is 5.06. The van der Waals surface area contributed by atoms with Crippen LogP contribution in [0.5, 0.6) is 0 Å². The summed E-state index contributed by atoms with van der Waals surface area (Å²) in [6.45, 7) is 8.74. The van der Waals surface area contributed by atoms with Crippen LogP contribution in [0.1, 0.15) is 49.7 Å². The molecule has 0 amide bonds. The third-order valence-corrected chi connectivity index (χ3v) is 3.96. The Morgan fingerprint density at radius 2 is 1.64 bits per heavy atom. The highest BCUT2D eigenvalue weighted by molar-refractivity contribution is 7.11. The molecule has 0 bridgehead atoms. The molecule has 0 aromatic carbocycles. The van der Waals surface area contributed by atoms with Gasteiger partial charge in [-0.15, -0.1) is 10.2 Å². The van der Waals surface area contributed by atoms with Crippen molar-refractivity contribution in [2.75, 3.05) is 7.05 Å². The van der Waals surface area contributed by atoms with Gasteiger partial charge >= 0.3 is 0 Å². The summed E-state index contributed by atoms with van der Waals surface area (Å²) in [6, 6.07) is 0.306. The van der Waals surface area contributed by atoms with E-state index in [0.717, 1.165) is 10.0 Å². The topological polar surface area (TPSA) is 37.8 Å². The molecular formula is C10H19N3S. The Kier molecular flexibility index (Phi) is 4.01. The minimum Gasteiger partial charge on any atom is -0.311 e. The van der Waals surface area contributed by atoms with E-state index in [2.05, 4.69) is 43.2 Å². The average molecular weight is 213 g/mol. The molecule has 0 fully saturated rings. The molecule has 0 aliphatic carbocycles. The predicted molar refractivity (Wildman–Crippen MR) is 60.6 cm³/mol. The van der Waals surface area contributed by atoms with E-state index in [4.69, 9.17) is 0 Å². The Bertz CT molecular complexity index is 283. The van der Waals surface area contributed by atoms with Crippen LogP contribution in [-0.2, 0) is 0 Å². The number of aromatic nitrogens is 2. The van der Waals surface area contributed by atoms with E-state index in [9.17, 15) is 0 Å². The van der Waals surface area contributed by atoms with E-state index in [1.54, 1.807) is 11.3 Å². The smallest absolute Gasteiger partial charge is 0.134 e. The maximum atomic E-state index is 4.23. The van der Waals surface area contributed by atoms with Crippen molar-refractivity contribution in [3.8, 4) is 0 Å². The molecule has 4 heteroatoms. The molecule has 0 saturated heterocycles. The van der Waals surface area contributed by atoms with Gasteiger partial charge in [0.1, 0.15) is 10.0 Å². The van der Waals surface area contributed by atoms with E-state index in [-0.39, 0.29) is 0 Å². The minimum absolute atomic E-state index is 0.306. The zero-order chi connectivity index (χ0) is 10.7. The summed E-state index contributed by atoms with van der Waals surface area (Å²) in [6.07, 6.45) is 0. The second-order valence-electron chi connectivity index (χ2n) is 4.02. The lowest BCUT2D eigenvalue weighted by atomic mass is 9.99. The van der Waals surface area contributed by atoms with Crippen LogP contribution in [0.4, 0.5) is 0 Å². The largest absolute Gasteiger partial charge is 0.311 e. The van der Waals surface area contributed by atoms with Crippen molar-refractivity contribution in [3.63, 3.8) is 0 Å². The quantitative estimate of drug-likeness (QED) is 0.835. The Morgan fingerprint density at radius 1 is 1.07 bits per heavy atom. The number of rotatable bonds is 4. The van der Waals surface area contributed by atoms with Crippen molar-refractivity contribution >= 4 is 11.3 Å². The van der Waals surface area contributed by atoms with Crippen LogP contribution in [0.25, 0.3) is 0 Å². The van der Waals surface area contributed by atoms with Crippen LogP contribution < -0.4 is 5.32 Å². The Balaban J connectivity index is 2.77. The van der Waals surface area contributed by atoms with Crippen molar-refractivity contribution in [2.24, 2.45) is 5.92 Å². The average Bonchev–Trinajstić information content (AvgIpc) is 2.64. The van der Waals surface area contributed by atoms with Crippen molar-refractivity contribution in [1.82, 2.24) is 15.5 Å². The molecule has 2 unspecified atom stereocenters. The lowest BCUT2D eigenvalue weighted by Crippen LogP contribution is -2.11. The number of nitrogens with zero attached hydrogens (tertiary/aromatic N) is 2. The third kappa shape index (κ3) is 2.51. The normalized spacial score (nSPS) is 15.9. The van der Waals surface area contributed by atoms with Crippen LogP contribution >= 0.6 is 11.3 Å². The van der Waals surface area contributed by atoms with Gasteiger partial charge in [0.05, 0.1) is 6.04 Å². The maximum absolute atomic E-state index is 4.23. The van der Waals surface area contributed by atoms with Crippen molar-refractivity contribution in [1.29, 1.82) is 0 Å². The van der Waals surface area contributed by atoms with Gasteiger partial charge in [0, 0.05) is 5.92 Å². The molecule has 0 saturated carbocycles. The van der Waals surface area contributed by atoms with E-state index in [1.165, 1.54) is 0 Å². The maximum Gasteiger partial charge on any atom is 0.134 e. The molecule has 1 aromatic heterocycles. The summed E-state index contributed by atoms with van der Waals surface area (Å²) in [7, 11) is 1.94. The fraction of sp³-hybridized carbons (Fsp3) is 0.800. The number of hydrogen-bond acceptors (Lipinski definition) is 4. The molecule has 0 spiro atoms. The second kappa shape index (κ2) is 4.84. The van der Waals surface area contributed by atoms with Gasteiger partial charge in [0.2, 0.25) is 0 Å². The summed E-state index contributed by atoms with van der Waals surface area (Å²) >= 11 is 1.72.